The molecule has 3 aliphatic heterocycles. The van der Waals surface area contributed by atoms with Gasteiger partial charge in [-0.3, -0.25) is 0 Å². The number of fused-ring (bicyclic) bond motifs is 4. The van der Waals surface area contributed by atoms with Crippen molar-refractivity contribution in [1.82, 2.24) is 4.90 Å². The van der Waals surface area contributed by atoms with Crippen LogP contribution < -0.4 is 0 Å². The number of rotatable bonds is 3. The molecule has 4 nitrogen and oxygen atoms in total. The van der Waals surface area contributed by atoms with Gasteiger partial charge in [-0.2, -0.15) is 0 Å². The topological polar surface area (TPSA) is 49.8 Å². The first-order valence-corrected chi connectivity index (χ1v) is 5.77. The van der Waals surface area contributed by atoms with E-state index in [1.807, 2.05) is 0 Å². The Balaban J connectivity index is 1.93. The lowest BCUT2D eigenvalue weighted by molar-refractivity contribution is -0.155. The van der Waals surface area contributed by atoms with Crippen molar-refractivity contribution in [3.8, 4) is 0 Å². The molecule has 3 fully saturated rings. The standard InChI is InChI=1S/C11H19NO3/c1-8(11(13)14)15-10-4-7-12-5-2-9(10)3-6-12/h8-10H,2-7H2,1H3,(H,13,14). The van der Waals surface area contributed by atoms with Crippen molar-refractivity contribution in [2.24, 2.45) is 5.92 Å². The van der Waals surface area contributed by atoms with Crippen LogP contribution in [0, 0.1) is 5.92 Å². The zero-order chi connectivity index (χ0) is 10.8. The molecule has 0 spiro atoms. The Morgan fingerprint density at radius 3 is 2.53 bits per heavy atom. The molecular formula is C11H19NO3. The van der Waals surface area contributed by atoms with Crippen LogP contribution >= 0.6 is 0 Å². The van der Waals surface area contributed by atoms with Crippen molar-refractivity contribution < 1.29 is 14.6 Å². The first-order valence-electron chi connectivity index (χ1n) is 5.77. The van der Waals surface area contributed by atoms with Crippen LogP contribution in [0.2, 0.25) is 0 Å². The predicted molar refractivity (Wildman–Crippen MR) is 55.8 cm³/mol. The van der Waals surface area contributed by atoms with Gasteiger partial charge in [0, 0.05) is 6.54 Å². The molecule has 2 unspecified atom stereocenters. The Morgan fingerprint density at radius 2 is 1.93 bits per heavy atom. The number of carboxylic acids is 1. The number of ether oxygens (including phenoxy) is 1. The fourth-order valence-electron chi connectivity index (χ4n) is 2.59. The lowest BCUT2D eigenvalue weighted by Gasteiger charge is -2.29. The van der Waals surface area contributed by atoms with Gasteiger partial charge in [0.05, 0.1) is 6.10 Å². The van der Waals surface area contributed by atoms with E-state index in [-0.39, 0.29) is 6.10 Å². The first kappa shape index (κ1) is 10.9. The number of hydrogen-bond acceptors (Lipinski definition) is 3. The molecule has 3 aliphatic rings. The molecule has 3 heterocycles. The van der Waals surface area contributed by atoms with Crippen LogP contribution in [-0.2, 0) is 9.53 Å². The van der Waals surface area contributed by atoms with E-state index in [1.165, 1.54) is 0 Å². The van der Waals surface area contributed by atoms with Gasteiger partial charge in [-0.05, 0) is 45.2 Å². The average molecular weight is 213 g/mol. The number of hydrogen-bond donors (Lipinski definition) is 1. The second-order valence-corrected chi connectivity index (χ2v) is 4.62. The molecule has 3 saturated heterocycles. The second kappa shape index (κ2) is 4.49. The van der Waals surface area contributed by atoms with Gasteiger partial charge < -0.3 is 14.7 Å². The molecule has 0 aromatic carbocycles. The Kier molecular flexibility index (Phi) is 3.26. The van der Waals surface area contributed by atoms with Crippen molar-refractivity contribution >= 4 is 5.97 Å². The van der Waals surface area contributed by atoms with E-state index < -0.39 is 12.1 Å². The number of aliphatic carboxylic acids is 1. The molecule has 0 aliphatic carbocycles. The zero-order valence-corrected chi connectivity index (χ0v) is 9.19. The highest BCUT2D eigenvalue weighted by Gasteiger charge is 2.33. The maximum Gasteiger partial charge on any atom is 0.332 e. The van der Waals surface area contributed by atoms with Gasteiger partial charge in [-0.15, -0.1) is 0 Å². The van der Waals surface area contributed by atoms with Gasteiger partial charge in [0.25, 0.3) is 0 Å². The van der Waals surface area contributed by atoms with E-state index in [0.29, 0.717) is 5.92 Å². The fourth-order valence-corrected chi connectivity index (χ4v) is 2.59. The quantitative estimate of drug-likeness (QED) is 0.758. The summed E-state index contributed by atoms with van der Waals surface area (Å²) in [5.41, 5.74) is 0. The lowest BCUT2D eigenvalue weighted by atomic mass is 9.92. The fraction of sp³-hybridized carbons (Fsp3) is 0.909. The molecule has 1 N–H and O–H groups in total. The summed E-state index contributed by atoms with van der Waals surface area (Å²) in [6, 6.07) is 0. The van der Waals surface area contributed by atoms with Crippen LogP contribution in [0.1, 0.15) is 26.2 Å². The van der Waals surface area contributed by atoms with E-state index >= 15 is 0 Å². The summed E-state index contributed by atoms with van der Waals surface area (Å²) in [4.78, 5) is 13.2. The highest BCUT2D eigenvalue weighted by atomic mass is 16.5. The van der Waals surface area contributed by atoms with Crippen LogP contribution in [-0.4, -0.2) is 47.8 Å². The molecule has 3 rings (SSSR count). The predicted octanol–water partition coefficient (Wildman–Crippen LogP) is 0.960. The third-order valence-corrected chi connectivity index (χ3v) is 3.61. The molecule has 15 heavy (non-hydrogen) atoms. The van der Waals surface area contributed by atoms with Crippen LogP contribution in [0.15, 0.2) is 0 Å². The van der Waals surface area contributed by atoms with Gasteiger partial charge >= 0.3 is 5.97 Å². The Bertz CT molecular complexity index is 236. The highest BCUT2D eigenvalue weighted by Crippen LogP contribution is 2.29. The van der Waals surface area contributed by atoms with Gasteiger partial charge in [-0.1, -0.05) is 0 Å². The monoisotopic (exact) mass is 213 g/mol. The third-order valence-electron chi connectivity index (χ3n) is 3.61. The zero-order valence-electron chi connectivity index (χ0n) is 9.19. The van der Waals surface area contributed by atoms with Crippen molar-refractivity contribution in [3.63, 3.8) is 0 Å². The maximum absolute atomic E-state index is 10.7. The van der Waals surface area contributed by atoms with Gasteiger partial charge in [0.2, 0.25) is 0 Å². The van der Waals surface area contributed by atoms with Crippen molar-refractivity contribution in [1.29, 1.82) is 0 Å². The molecule has 86 valence electrons. The molecule has 0 radical (unpaired) electrons. The van der Waals surface area contributed by atoms with E-state index in [1.54, 1.807) is 6.92 Å². The van der Waals surface area contributed by atoms with Crippen LogP contribution in [0.3, 0.4) is 0 Å². The largest absolute Gasteiger partial charge is 0.479 e. The summed E-state index contributed by atoms with van der Waals surface area (Å²) >= 11 is 0. The smallest absolute Gasteiger partial charge is 0.332 e. The van der Waals surface area contributed by atoms with Gasteiger partial charge in [0.15, 0.2) is 6.10 Å². The Morgan fingerprint density at radius 1 is 1.33 bits per heavy atom. The number of carbonyl (C=O) groups is 1. The average Bonchev–Trinajstić information content (AvgIpc) is 2.52. The Labute approximate surface area is 90.2 Å². The molecule has 0 amide bonds. The maximum atomic E-state index is 10.7. The summed E-state index contributed by atoms with van der Waals surface area (Å²) in [7, 11) is 0. The molecule has 2 atom stereocenters. The van der Waals surface area contributed by atoms with E-state index in [9.17, 15) is 4.79 Å². The highest BCUT2D eigenvalue weighted by molar-refractivity contribution is 5.71. The minimum Gasteiger partial charge on any atom is -0.479 e. The van der Waals surface area contributed by atoms with Gasteiger partial charge in [-0.25, -0.2) is 4.79 Å². The van der Waals surface area contributed by atoms with E-state index in [2.05, 4.69) is 4.90 Å². The van der Waals surface area contributed by atoms with Crippen LogP contribution in [0.4, 0.5) is 0 Å². The summed E-state index contributed by atoms with van der Waals surface area (Å²) in [6.07, 6.45) is 2.81. The third kappa shape index (κ3) is 2.49. The number of carboxylic acid groups (broad SMARTS) is 1. The molecule has 0 aromatic heterocycles. The molecule has 4 heteroatoms. The van der Waals surface area contributed by atoms with Crippen molar-refractivity contribution in [3.05, 3.63) is 0 Å². The number of nitrogens with zero attached hydrogens (tertiary/aromatic N) is 1. The lowest BCUT2D eigenvalue weighted by Crippen LogP contribution is -2.34. The molecule has 2 bridgehead atoms. The van der Waals surface area contributed by atoms with Gasteiger partial charge in [0.1, 0.15) is 0 Å². The summed E-state index contributed by atoms with van der Waals surface area (Å²) in [6.45, 7) is 5.01. The normalized spacial score (nSPS) is 37.3. The summed E-state index contributed by atoms with van der Waals surface area (Å²) < 4.78 is 5.64. The number of piperidine rings is 1. The minimum absolute atomic E-state index is 0.156. The van der Waals surface area contributed by atoms with Crippen LogP contribution in [0.25, 0.3) is 0 Å². The van der Waals surface area contributed by atoms with Crippen molar-refractivity contribution in [2.75, 3.05) is 19.6 Å². The molecule has 0 saturated carbocycles. The van der Waals surface area contributed by atoms with E-state index in [0.717, 1.165) is 38.9 Å². The Hall–Kier alpha value is -0.610. The van der Waals surface area contributed by atoms with Crippen molar-refractivity contribution in [2.45, 2.75) is 38.4 Å². The summed E-state index contributed by atoms with van der Waals surface area (Å²) in [5, 5.41) is 8.82. The second-order valence-electron chi connectivity index (χ2n) is 4.62. The molecular weight excluding hydrogens is 194 g/mol. The first-order chi connectivity index (χ1) is 7.16. The summed E-state index contributed by atoms with van der Waals surface area (Å²) in [5.74, 6) is -0.278. The van der Waals surface area contributed by atoms with E-state index in [4.69, 9.17) is 9.84 Å². The molecule has 0 aromatic rings. The minimum atomic E-state index is -0.853. The van der Waals surface area contributed by atoms with Crippen LogP contribution in [0.5, 0.6) is 0 Å². The SMILES string of the molecule is CC(OC1CCN2CCC1CC2)C(=O)O.